The van der Waals surface area contributed by atoms with Crippen LogP contribution in [0.1, 0.15) is 62.3 Å². The Bertz CT molecular complexity index is 515. The van der Waals surface area contributed by atoms with Crippen LogP contribution in [0.2, 0.25) is 0 Å². The van der Waals surface area contributed by atoms with Gasteiger partial charge < -0.3 is 4.74 Å². The van der Waals surface area contributed by atoms with Crippen LogP contribution in [-0.4, -0.2) is 23.5 Å². The van der Waals surface area contributed by atoms with Crippen LogP contribution in [0.15, 0.2) is 23.2 Å². The lowest BCUT2D eigenvalue weighted by atomic mass is 9.84. The molecule has 106 valence electrons. The SMILES string of the molecule is c1cc(C2=NC(C3CCCCC3)CO2)nc(C2CC2)c1. The van der Waals surface area contributed by atoms with Gasteiger partial charge in [-0.15, -0.1) is 0 Å². The monoisotopic (exact) mass is 270 g/mol. The van der Waals surface area contributed by atoms with Crippen LogP contribution >= 0.6 is 0 Å². The highest BCUT2D eigenvalue weighted by molar-refractivity contribution is 5.93. The lowest BCUT2D eigenvalue weighted by molar-refractivity contribution is 0.240. The molecule has 2 fully saturated rings. The predicted molar refractivity (Wildman–Crippen MR) is 79.1 cm³/mol. The van der Waals surface area contributed by atoms with Crippen molar-refractivity contribution < 1.29 is 4.74 Å². The third-order valence-electron chi connectivity index (χ3n) is 4.85. The highest BCUT2D eigenvalue weighted by Crippen LogP contribution is 2.39. The molecule has 0 aromatic carbocycles. The summed E-state index contributed by atoms with van der Waals surface area (Å²) in [4.78, 5) is 9.58. The van der Waals surface area contributed by atoms with Gasteiger partial charge in [0.2, 0.25) is 5.90 Å². The Morgan fingerprint density at radius 2 is 1.85 bits per heavy atom. The largest absolute Gasteiger partial charge is 0.474 e. The summed E-state index contributed by atoms with van der Waals surface area (Å²) in [5.74, 6) is 2.20. The van der Waals surface area contributed by atoms with E-state index in [1.807, 2.05) is 6.07 Å². The predicted octanol–water partition coefficient (Wildman–Crippen LogP) is 3.68. The molecule has 0 spiro atoms. The average molecular weight is 270 g/mol. The van der Waals surface area contributed by atoms with Gasteiger partial charge >= 0.3 is 0 Å². The molecule has 20 heavy (non-hydrogen) atoms. The molecule has 2 saturated carbocycles. The summed E-state index contributed by atoms with van der Waals surface area (Å²) in [5, 5.41) is 0. The van der Waals surface area contributed by atoms with Crippen molar-refractivity contribution in [1.82, 2.24) is 4.98 Å². The number of aromatic nitrogens is 1. The number of nitrogens with zero attached hydrogens (tertiary/aromatic N) is 2. The molecular weight excluding hydrogens is 248 g/mol. The van der Waals surface area contributed by atoms with Gasteiger partial charge in [0.05, 0.1) is 6.04 Å². The Kier molecular flexibility index (Phi) is 3.21. The van der Waals surface area contributed by atoms with Gasteiger partial charge in [0.1, 0.15) is 12.3 Å². The molecule has 2 heterocycles. The van der Waals surface area contributed by atoms with Crippen molar-refractivity contribution in [3.05, 3.63) is 29.6 Å². The van der Waals surface area contributed by atoms with E-state index < -0.39 is 0 Å². The van der Waals surface area contributed by atoms with Crippen LogP contribution in [-0.2, 0) is 4.74 Å². The molecule has 0 bridgehead atoms. The number of aliphatic imine (C=N–C) groups is 1. The zero-order chi connectivity index (χ0) is 13.4. The Labute approximate surface area is 120 Å². The lowest BCUT2D eigenvalue weighted by Crippen LogP contribution is -2.22. The van der Waals surface area contributed by atoms with Crippen molar-refractivity contribution in [3.63, 3.8) is 0 Å². The minimum Gasteiger partial charge on any atom is -0.474 e. The van der Waals surface area contributed by atoms with E-state index in [2.05, 4.69) is 12.1 Å². The topological polar surface area (TPSA) is 34.5 Å². The second kappa shape index (κ2) is 5.19. The molecule has 1 aromatic heterocycles. The second-order valence-electron chi connectivity index (χ2n) is 6.43. The first-order valence-corrected chi connectivity index (χ1v) is 8.08. The Balaban J connectivity index is 1.51. The summed E-state index contributed by atoms with van der Waals surface area (Å²) in [5.41, 5.74) is 2.16. The van der Waals surface area contributed by atoms with E-state index in [-0.39, 0.29) is 0 Å². The van der Waals surface area contributed by atoms with Crippen LogP contribution in [0, 0.1) is 5.92 Å². The molecule has 1 atom stereocenters. The van der Waals surface area contributed by atoms with E-state index in [4.69, 9.17) is 14.7 Å². The number of ether oxygens (including phenoxy) is 1. The minimum absolute atomic E-state index is 0.372. The quantitative estimate of drug-likeness (QED) is 0.839. The first kappa shape index (κ1) is 12.4. The fraction of sp³-hybridized carbons (Fsp3) is 0.647. The molecule has 0 amide bonds. The molecule has 0 saturated heterocycles. The third kappa shape index (κ3) is 2.46. The van der Waals surface area contributed by atoms with Crippen LogP contribution in [0.25, 0.3) is 0 Å². The van der Waals surface area contributed by atoms with Gasteiger partial charge in [-0.05, 0) is 43.7 Å². The summed E-state index contributed by atoms with van der Waals surface area (Å²) in [6, 6.07) is 6.63. The van der Waals surface area contributed by atoms with Gasteiger partial charge in [0, 0.05) is 11.6 Å². The summed E-state index contributed by atoms with van der Waals surface area (Å²) in [7, 11) is 0. The number of hydrogen-bond donors (Lipinski definition) is 0. The van der Waals surface area contributed by atoms with Gasteiger partial charge in [0.25, 0.3) is 0 Å². The molecule has 3 aliphatic rings. The van der Waals surface area contributed by atoms with E-state index in [9.17, 15) is 0 Å². The minimum atomic E-state index is 0.372. The van der Waals surface area contributed by atoms with E-state index in [0.717, 1.165) is 24.1 Å². The van der Waals surface area contributed by atoms with Crippen molar-refractivity contribution in [2.24, 2.45) is 10.9 Å². The second-order valence-corrected chi connectivity index (χ2v) is 6.43. The molecule has 3 heteroatoms. The fourth-order valence-electron chi connectivity index (χ4n) is 3.47. The lowest BCUT2D eigenvalue weighted by Gasteiger charge is -2.24. The molecule has 1 aliphatic heterocycles. The van der Waals surface area contributed by atoms with E-state index in [1.54, 1.807) is 0 Å². The average Bonchev–Trinajstić information content (AvgIpc) is 3.25. The molecule has 4 rings (SSSR count). The van der Waals surface area contributed by atoms with Crippen LogP contribution in [0.4, 0.5) is 0 Å². The zero-order valence-electron chi connectivity index (χ0n) is 11.9. The first-order valence-electron chi connectivity index (χ1n) is 8.08. The van der Waals surface area contributed by atoms with Gasteiger partial charge in [-0.25, -0.2) is 9.98 Å². The molecular formula is C17H22N2O. The van der Waals surface area contributed by atoms with Crippen molar-refractivity contribution in [1.29, 1.82) is 0 Å². The summed E-state index contributed by atoms with van der Waals surface area (Å²) in [6.07, 6.45) is 9.33. The smallest absolute Gasteiger partial charge is 0.235 e. The highest BCUT2D eigenvalue weighted by atomic mass is 16.5. The Morgan fingerprint density at radius 3 is 2.65 bits per heavy atom. The zero-order valence-corrected chi connectivity index (χ0v) is 11.9. The van der Waals surface area contributed by atoms with Crippen molar-refractivity contribution in [3.8, 4) is 0 Å². The molecule has 3 nitrogen and oxygen atoms in total. The first-order chi connectivity index (χ1) is 9.90. The number of hydrogen-bond acceptors (Lipinski definition) is 3. The number of pyridine rings is 1. The summed E-state index contributed by atoms with van der Waals surface area (Å²) < 4.78 is 5.85. The van der Waals surface area contributed by atoms with Crippen molar-refractivity contribution in [2.45, 2.75) is 56.9 Å². The Hall–Kier alpha value is -1.38. The van der Waals surface area contributed by atoms with Crippen molar-refractivity contribution in [2.75, 3.05) is 6.61 Å². The molecule has 1 aromatic rings. The maximum absolute atomic E-state index is 5.85. The van der Waals surface area contributed by atoms with E-state index in [1.165, 1.54) is 50.6 Å². The standard InChI is InChI=1S/C17H22N2O/c1-2-5-12(6-3-1)16-11-20-17(19-16)15-8-4-7-14(18-15)13-9-10-13/h4,7-8,12-13,16H,1-3,5-6,9-11H2. The highest BCUT2D eigenvalue weighted by Gasteiger charge is 2.30. The van der Waals surface area contributed by atoms with Gasteiger partial charge in [-0.1, -0.05) is 25.3 Å². The summed E-state index contributed by atoms with van der Waals surface area (Å²) in [6.45, 7) is 0.759. The summed E-state index contributed by atoms with van der Waals surface area (Å²) >= 11 is 0. The molecule has 0 N–H and O–H groups in total. The maximum Gasteiger partial charge on any atom is 0.235 e. The van der Waals surface area contributed by atoms with Crippen LogP contribution in [0.3, 0.4) is 0 Å². The Morgan fingerprint density at radius 1 is 1.00 bits per heavy atom. The normalized spacial score (nSPS) is 27.2. The number of rotatable bonds is 3. The molecule has 1 unspecified atom stereocenters. The fourth-order valence-corrected chi connectivity index (χ4v) is 3.47. The third-order valence-corrected chi connectivity index (χ3v) is 4.85. The van der Waals surface area contributed by atoms with Gasteiger partial charge in [-0.2, -0.15) is 0 Å². The van der Waals surface area contributed by atoms with E-state index >= 15 is 0 Å². The van der Waals surface area contributed by atoms with Gasteiger partial charge in [-0.3, -0.25) is 0 Å². The van der Waals surface area contributed by atoms with Crippen molar-refractivity contribution >= 4 is 5.90 Å². The van der Waals surface area contributed by atoms with Crippen LogP contribution in [0.5, 0.6) is 0 Å². The van der Waals surface area contributed by atoms with Gasteiger partial charge in [0.15, 0.2) is 0 Å². The van der Waals surface area contributed by atoms with Crippen LogP contribution < -0.4 is 0 Å². The molecule has 0 radical (unpaired) electrons. The maximum atomic E-state index is 5.85. The molecule has 2 aliphatic carbocycles. The van der Waals surface area contributed by atoms with E-state index in [0.29, 0.717) is 12.0 Å².